The number of aromatic nitrogens is 1. The van der Waals surface area contributed by atoms with Crippen molar-refractivity contribution in [2.75, 3.05) is 11.9 Å². The molecule has 2 rings (SSSR count). The minimum Gasteiger partial charge on any atom is -0.382 e. The average Bonchev–Trinajstić information content (AvgIpc) is 2.28. The summed E-state index contributed by atoms with van der Waals surface area (Å²) in [5, 5.41) is 3.64. The monoisotopic (exact) mass is 233 g/mol. The zero-order chi connectivity index (χ0) is 12.3. The van der Waals surface area contributed by atoms with Gasteiger partial charge in [-0.25, -0.2) is 0 Å². The molecule has 1 saturated carbocycles. The molecule has 0 aliphatic heterocycles. The summed E-state index contributed by atoms with van der Waals surface area (Å²) < 4.78 is 0. The van der Waals surface area contributed by atoms with Gasteiger partial charge in [0.1, 0.15) is 0 Å². The molecule has 0 aromatic carbocycles. The van der Waals surface area contributed by atoms with Crippen LogP contribution in [-0.4, -0.2) is 17.6 Å². The zero-order valence-electron chi connectivity index (χ0n) is 10.9. The Morgan fingerprint density at radius 1 is 1.24 bits per heavy atom. The second-order valence-electron chi connectivity index (χ2n) is 5.17. The van der Waals surface area contributed by atoms with E-state index in [9.17, 15) is 0 Å². The molecule has 94 valence electrons. The van der Waals surface area contributed by atoms with Crippen molar-refractivity contribution in [3.8, 4) is 0 Å². The van der Waals surface area contributed by atoms with Crippen LogP contribution in [0.3, 0.4) is 0 Å². The van der Waals surface area contributed by atoms with E-state index in [0.29, 0.717) is 12.0 Å². The number of nitrogens with two attached hydrogens (primary N) is 1. The number of nitrogens with zero attached hydrogens (tertiary/aromatic N) is 1. The Morgan fingerprint density at radius 2 is 1.88 bits per heavy atom. The summed E-state index contributed by atoms with van der Waals surface area (Å²) in [5.74, 6) is 0.623. The van der Waals surface area contributed by atoms with Crippen LogP contribution >= 0.6 is 0 Å². The summed E-state index contributed by atoms with van der Waals surface area (Å²) in [4.78, 5) is 4.40. The normalized spacial score (nSPS) is 24.6. The van der Waals surface area contributed by atoms with Gasteiger partial charge in [-0.1, -0.05) is 12.8 Å². The fourth-order valence-electron chi connectivity index (χ4n) is 2.81. The first kappa shape index (κ1) is 12.4. The SMILES string of the molecule is Cc1cc(NC2CCCCC2CN)cc(C)n1. The molecule has 3 nitrogen and oxygen atoms in total. The molecular weight excluding hydrogens is 210 g/mol. The Morgan fingerprint density at radius 3 is 2.53 bits per heavy atom. The van der Waals surface area contributed by atoms with Crippen molar-refractivity contribution in [2.45, 2.75) is 45.6 Å². The van der Waals surface area contributed by atoms with Gasteiger partial charge >= 0.3 is 0 Å². The fourth-order valence-corrected chi connectivity index (χ4v) is 2.81. The lowest BCUT2D eigenvalue weighted by atomic mass is 9.84. The Hall–Kier alpha value is -1.09. The molecule has 1 aromatic rings. The van der Waals surface area contributed by atoms with Crippen LogP contribution < -0.4 is 11.1 Å². The number of aryl methyl sites for hydroxylation is 2. The predicted molar refractivity (Wildman–Crippen MR) is 72.1 cm³/mol. The Bertz CT molecular complexity index is 355. The van der Waals surface area contributed by atoms with Crippen LogP contribution in [0, 0.1) is 19.8 Å². The highest BCUT2D eigenvalue weighted by molar-refractivity contribution is 5.46. The van der Waals surface area contributed by atoms with Crippen molar-refractivity contribution in [3.05, 3.63) is 23.5 Å². The number of nitrogens with one attached hydrogen (secondary N) is 1. The van der Waals surface area contributed by atoms with Gasteiger partial charge in [0.25, 0.3) is 0 Å². The van der Waals surface area contributed by atoms with Crippen molar-refractivity contribution in [2.24, 2.45) is 11.7 Å². The molecular formula is C14H23N3. The van der Waals surface area contributed by atoms with Crippen LogP contribution in [0.1, 0.15) is 37.1 Å². The molecule has 2 unspecified atom stereocenters. The smallest absolute Gasteiger partial charge is 0.0396 e. The number of hydrogen-bond donors (Lipinski definition) is 2. The maximum atomic E-state index is 5.85. The average molecular weight is 233 g/mol. The highest BCUT2D eigenvalue weighted by atomic mass is 14.9. The van der Waals surface area contributed by atoms with E-state index in [0.717, 1.165) is 17.9 Å². The van der Waals surface area contributed by atoms with Gasteiger partial charge in [0.2, 0.25) is 0 Å². The third-order valence-corrected chi connectivity index (χ3v) is 3.65. The van der Waals surface area contributed by atoms with E-state index >= 15 is 0 Å². The summed E-state index contributed by atoms with van der Waals surface area (Å²) >= 11 is 0. The minimum absolute atomic E-state index is 0.537. The van der Waals surface area contributed by atoms with E-state index < -0.39 is 0 Å². The van der Waals surface area contributed by atoms with Crippen LogP contribution in [0.5, 0.6) is 0 Å². The molecule has 1 aliphatic rings. The molecule has 3 N–H and O–H groups in total. The van der Waals surface area contributed by atoms with Crippen molar-refractivity contribution in [1.82, 2.24) is 4.98 Å². The van der Waals surface area contributed by atoms with Crippen LogP contribution in [0.15, 0.2) is 12.1 Å². The molecule has 0 saturated heterocycles. The van der Waals surface area contributed by atoms with Gasteiger partial charge in [-0.2, -0.15) is 0 Å². The van der Waals surface area contributed by atoms with Crippen molar-refractivity contribution < 1.29 is 0 Å². The third kappa shape index (κ3) is 3.19. The zero-order valence-corrected chi connectivity index (χ0v) is 10.9. The maximum absolute atomic E-state index is 5.85. The molecule has 3 heteroatoms. The number of anilines is 1. The molecule has 1 aliphatic carbocycles. The number of rotatable bonds is 3. The summed E-state index contributed by atoms with van der Waals surface area (Å²) in [6.07, 6.45) is 5.14. The first-order valence-corrected chi connectivity index (χ1v) is 6.61. The van der Waals surface area contributed by atoms with Gasteiger partial charge in [-0.15, -0.1) is 0 Å². The predicted octanol–water partition coefficient (Wildman–Crippen LogP) is 2.63. The van der Waals surface area contributed by atoms with Crippen molar-refractivity contribution in [3.63, 3.8) is 0 Å². The van der Waals surface area contributed by atoms with E-state index in [1.807, 2.05) is 13.8 Å². The summed E-state index contributed by atoms with van der Waals surface area (Å²) in [7, 11) is 0. The number of pyridine rings is 1. The molecule has 1 fully saturated rings. The molecule has 1 heterocycles. The van der Waals surface area contributed by atoms with Gasteiger partial charge in [-0.05, 0) is 51.3 Å². The fraction of sp³-hybridized carbons (Fsp3) is 0.643. The van der Waals surface area contributed by atoms with Gasteiger partial charge < -0.3 is 11.1 Å². The molecule has 17 heavy (non-hydrogen) atoms. The standard InChI is InChI=1S/C14H23N3/c1-10-7-13(8-11(2)16-10)17-14-6-4-3-5-12(14)9-15/h7-8,12,14H,3-6,9,15H2,1-2H3,(H,16,17). The summed E-state index contributed by atoms with van der Waals surface area (Å²) in [6.45, 7) is 4.87. The minimum atomic E-state index is 0.537. The lowest BCUT2D eigenvalue weighted by Gasteiger charge is -2.32. The first-order chi connectivity index (χ1) is 8.19. The lowest BCUT2D eigenvalue weighted by Crippen LogP contribution is -2.36. The van der Waals surface area contributed by atoms with E-state index in [-0.39, 0.29) is 0 Å². The summed E-state index contributed by atoms with van der Waals surface area (Å²) in [5.41, 5.74) is 9.20. The highest BCUT2D eigenvalue weighted by Gasteiger charge is 2.23. The highest BCUT2D eigenvalue weighted by Crippen LogP contribution is 2.26. The molecule has 0 amide bonds. The summed E-state index contributed by atoms with van der Waals surface area (Å²) in [6, 6.07) is 4.78. The van der Waals surface area contributed by atoms with Crippen LogP contribution in [-0.2, 0) is 0 Å². The van der Waals surface area contributed by atoms with Crippen LogP contribution in [0.25, 0.3) is 0 Å². The molecule has 1 aromatic heterocycles. The van der Waals surface area contributed by atoms with Gasteiger partial charge in [0.15, 0.2) is 0 Å². The van der Waals surface area contributed by atoms with Crippen molar-refractivity contribution >= 4 is 5.69 Å². The Balaban J connectivity index is 2.08. The topological polar surface area (TPSA) is 50.9 Å². The van der Waals surface area contributed by atoms with Gasteiger partial charge in [-0.3, -0.25) is 4.98 Å². The van der Waals surface area contributed by atoms with Crippen LogP contribution in [0.4, 0.5) is 5.69 Å². The van der Waals surface area contributed by atoms with E-state index in [2.05, 4.69) is 22.4 Å². The van der Waals surface area contributed by atoms with E-state index in [1.165, 1.54) is 31.4 Å². The van der Waals surface area contributed by atoms with E-state index in [1.54, 1.807) is 0 Å². The quantitative estimate of drug-likeness (QED) is 0.844. The second kappa shape index (κ2) is 5.50. The van der Waals surface area contributed by atoms with E-state index in [4.69, 9.17) is 5.73 Å². The maximum Gasteiger partial charge on any atom is 0.0396 e. The van der Waals surface area contributed by atoms with Gasteiger partial charge in [0, 0.05) is 23.1 Å². The molecule has 0 bridgehead atoms. The Labute approximate surface area is 104 Å². The first-order valence-electron chi connectivity index (χ1n) is 6.61. The van der Waals surface area contributed by atoms with Gasteiger partial charge in [0.05, 0.1) is 0 Å². The third-order valence-electron chi connectivity index (χ3n) is 3.65. The van der Waals surface area contributed by atoms with Crippen LogP contribution in [0.2, 0.25) is 0 Å². The largest absolute Gasteiger partial charge is 0.382 e. The Kier molecular flexibility index (Phi) is 4.00. The molecule has 0 spiro atoms. The molecule has 2 atom stereocenters. The molecule has 0 radical (unpaired) electrons. The lowest BCUT2D eigenvalue weighted by molar-refractivity contribution is 0.332. The second-order valence-corrected chi connectivity index (χ2v) is 5.17. The number of hydrogen-bond acceptors (Lipinski definition) is 3. The van der Waals surface area contributed by atoms with Crippen molar-refractivity contribution in [1.29, 1.82) is 0 Å².